The molecule has 0 radical (unpaired) electrons. The Morgan fingerprint density at radius 2 is 0.701 bits per heavy atom. The van der Waals surface area contributed by atoms with Gasteiger partial charge < -0.3 is 0 Å². The van der Waals surface area contributed by atoms with Crippen LogP contribution in [0.15, 0.2) is 24.3 Å². The van der Waals surface area contributed by atoms with E-state index in [2.05, 4.69) is 111 Å². The molecule has 2 aromatic carbocycles. The molecule has 0 heterocycles. The van der Waals surface area contributed by atoms with Crippen molar-refractivity contribution in [2.45, 2.75) is 284 Å². The van der Waals surface area contributed by atoms with Crippen LogP contribution in [0.2, 0.25) is 0 Å². The summed E-state index contributed by atoms with van der Waals surface area (Å²) >= 11 is 0. The Bertz CT molecular complexity index is 1740. The van der Waals surface area contributed by atoms with E-state index in [1.54, 1.807) is 55.6 Å². The van der Waals surface area contributed by atoms with Gasteiger partial charge >= 0.3 is 0 Å². The molecule has 0 bridgehead atoms. The topological polar surface area (TPSA) is 0 Å². The molecular formula is C67H112. The highest BCUT2D eigenvalue weighted by Crippen LogP contribution is 2.46. The summed E-state index contributed by atoms with van der Waals surface area (Å²) in [7, 11) is 0. The summed E-state index contributed by atoms with van der Waals surface area (Å²) in [6.45, 7) is 48.7. The molecule has 0 spiro atoms. The van der Waals surface area contributed by atoms with E-state index in [4.69, 9.17) is 13.2 Å². The van der Waals surface area contributed by atoms with Gasteiger partial charge in [-0.3, -0.25) is 0 Å². The number of hydrogen-bond donors (Lipinski definition) is 0. The molecule has 67 heavy (non-hydrogen) atoms. The lowest BCUT2D eigenvalue weighted by Crippen LogP contribution is -2.28. The van der Waals surface area contributed by atoms with E-state index in [1.165, 1.54) is 176 Å². The van der Waals surface area contributed by atoms with E-state index >= 15 is 0 Å². The fourth-order valence-corrected chi connectivity index (χ4v) is 13.4. The van der Waals surface area contributed by atoms with Crippen LogP contribution >= 0.6 is 0 Å². The van der Waals surface area contributed by atoms with E-state index in [9.17, 15) is 0 Å². The van der Waals surface area contributed by atoms with Crippen LogP contribution in [-0.4, -0.2) is 0 Å². The molecule has 6 atom stereocenters. The fourth-order valence-electron chi connectivity index (χ4n) is 13.4. The first kappa shape index (κ1) is 57.5. The molecule has 0 fully saturated rings. The Morgan fingerprint density at radius 1 is 0.403 bits per heavy atom. The van der Waals surface area contributed by atoms with E-state index in [0.29, 0.717) is 10.8 Å². The molecule has 380 valence electrons. The monoisotopic (exact) mass is 917 g/mol. The molecule has 0 saturated carbocycles. The van der Waals surface area contributed by atoms with Gasteiger partial charge in [0.2, 0.25) is 0 Å². The van der Waals surface area contributed by atoms with Crippen LogP contribution in [0, 0.1) is 87.9 Å². The highest BCUT2D eigenvalue weighted by Gasteiger charge is 2.34. The molecule has 2 aliphatic rings. The minimum absolute atomic E-state index is 0.429. The molecular weight excluding hydrogens is 805 g/mol. The summed E-state index contributed by atoms with van der Waals surface area (Å²) in [5.74, 6) is 5.21. The van der Waals surface area contributed by atoms with Gasteiger partial charge in [0.1, 0.15) is 0 Å². The number of allylic oxidation sites excluding steroid dienone is 2. The maximum absolute atomic E-state index is 4.73. The van der Waals surface area contributed by atoms with Crippen LogP contribution in [0.4, 0.5) is 0 Å². The molecule has 0 aromatic heterocycles. The Hall–Kier alpha value is -2.08. The third-order valence-electron chi connectivity index (χ3n) is 18.7. The lowest BCUT2D eigenvalue weighted by molar-refractivity contribution is 0.238. The van der Waals surface area contributed by atoms with E-state index in [-0.39, 0.29) is 0 Å². The van der Waals surface area contributed by atoms with E-state index in [0.717, 1.165) is 54.8 Å². The maximum atomic E-state index is 4.73. The molecule has 6 unspecified atom stereocenters. The van der Waals surface area contributed by atoms with Crippen LogP contribution in [0.1, 0.15) is 271 Å². The molecule has 0 N–H and O–H groups in total. The average molecular weight is 918 g/mol. The van der Waals surface area contributed by atoms with Gasteiger partial charge in [0.15, 0.2) is 0 Å². The number of hydrogen-bond acceptors (Lipinski definition) is 0. The summed E-state index contributed by atoms with van der Waals surface area (Å²) in [5, 5.41) is 0. The second-order valence-corrected chi connectivity index (χ2v) is 26.3. The van der Waals surface area contributed by atoms with Gasteiger partial charge in [-0.05, 0) is 225 Å². The van der Waals surface area contributed by atoms with Crippen LogP contribution in [0.5, 0.6) is 0 Å². The van der Waals surface area contributed by atoms with E-state index < -0.39 is 0 Å². The average Bonchev–Trinajstić information content (AvgIpc) is 3.24. The quantitative estimate of drug-likeness (QED) is 0.0685. The summed E-state index contributed by atoms with van der Waals surface area (Å²) in [6.07, 6.45) is 35.8. The van der Waals surface area contributed by atoms with Crippen molar-refractivity contribution >= 4 is 0 Å². The Morgan fingerprint density at radius 3 is 1.01 bits per heavy atom. The van der Waals surface area contributed by atoms with Gasteiger partial charge in [-0.1, -0.05) is 196 Å². The molecule has 0 aliphatic heterocycles. The fraction of sp³-hybridized carbons (Fsp3) is 0.761. The van der Waals surface area contributed by atoms with Crippen molar-refractivity contribution in [3.8, 4) is 0 Å². The molecule has 4 rings (SSSR count). The van der Waals surface area contributed by atoms with Crippen molar-refractivity contribution in [1.29, 1.82) is 0 Å². The Kier molecular flexibility index (Phi) is 23.1. The van der Waals surface area contributed by atoms with Gasteiger partial charge in [0.05, 0.1) is 0 Å². The standard InChI is InChI=1S/C67H112/c1-46(2)25-19-27-48(5)29-21-31-50(7)33-23-37-66(17)39-35-60-58(15)62(54(11)56(13)64(60)44-66)42-52(9)41-53(10)43-63-55(12)57(14)65-45-67(18,40-36-61(65)59(63)16)38-24-34-51(8)32-22-30-49(6)28-20-26-47(3)4/h46-51H,9-10,19-45H2,1-8,11-18H3. The predicted molar refractivity (Wildman–Crippen MR) is 301 cm³/mol. The van der Waals surface area contributed by atoms with Gasteiger partial charge in [-0.15, -0.1) is 0 Å². The highest BCUT2D eigenvalue weighted by molar-refractivity contribution is 5.55. The zero-order chi connectivity index (χ0) is 49.6. The number of benzene rings is 2. The number of rotatable bonds is 30. The molecule has 0 saturated heterocycles. The Balaban J connectivity index is 1.26. The second kappa shape index (κ2) is 26.9. The van der Waals surface area contributed by atoms with Crippen LogP contribution in [-0.2, 0) is 38.5 Å². The molecule has 2 aromatic rings. The van der Waals surface area contributed by atoms with Crippen LogP contribution in [0.3, 0.4) is 0 Å². The second-order valence-electron chi connectivity index (χ2n) is 26.3. The summed E-state index contributed by atoms with van der Waals surface area (Å²) in [5.41, 5.74) is 22.6. The van der Waals surface area contributed by atoms with Gasteiger partial charge in [-0.25, -0.2) is 0 Å². The molecule has 2 aliphatic carbocycles. The summed E-state index contributed by atoms with van der Waals surface area (Å²) in [6, 6.07) is 0. The smallest absolute Gasteiger partial charge is 0.00611 e. The van der Waals surface area contributed by atoms with Crippen molar-refractivity contribution < 1.29 is 0 Å². The Labute approximate surface area is 419 Å². The van der Waals surface area contributed by atoms with Gasteiger partial charge in [-0.2, -0.15) is 0 Å². The molecule has 0 nitrogen and oxygen atoms in total. The number of fused-ring (bicyclic) bond motifs is 2. The predicted octanol–water partition coefficient (Wildman–Crippen LogP) is 20.7. The zero-order valence-electron chi connectivity index (χ0n) is 48.0. The summed E-state index contributed by atoms with van der Waals surface area (Å²) < 4.78 is 0. The van der Waals surface area contributed by atoms with Crippen molar-refractivity contribution in [3.63, 3.8) is 0 Å². The highest BCUT2D eigenvalue weighted by atomic mass is 14.4. The largest absolute Gasteiger partial charge is 0.0992 e. The van der Waals surface area contributed by atoms with Crippen molar-refractivity contribution in [1.82, 2.24) is 0 Å². The van der Waals surface area contributed by atoms with Gasteiger partial charge in [0, 0.05) is 0 Å². The maximum Gasteiger partial charge on any atom is -0.00611 e. The first-order chi connectivity index (χ1) is 31.5. The lowest BCUT2D eigenvalue weighted by atomic mass is 9.67. The zero-order valence-corrected chi connectivity index (χ0v) is 48.0. The normalized spacial score (nSPS) is 20.2. The van der Waals surface area contributed by atoms with Crippen molar-refractivity contribution in [3.05, 3.63) is 91.1 Å². The third kappa shape index (κ3) is 17.6. The molecule has 0 amide bonds. The van der Waals surface area contributed by atoms with Crippen molar-refractivity contribution in [2.24, 2.45) is 46.3 Å². The first-order valence-corrected chi connectivity index (χ1v) is 29.1. The third-order valence-corrected chi connectivity index (χ3v) is 18.7. The van der Waals surface area contributed by atoms with E-state index in [1.807, 2.05) is 0 Å². The molecule has 0 heteroatoms. The van der Waals surface area contributed by atoms with Crippen LogP contribution < -0.4 is 0 Å². The van der Waals surface area contributed by atoms with Crippen LogP contribution in [0.25, 0.3) is 0 Å². The first-order valence-electron chi connectivity index (χ1n) is 29.1. The minimum atomic E-state index is 0.429. The summed E-state index contributed by atoms with van der Waals surface area (Å²) in [4.78, 5) is 0. The SMILES string of the molecule is C=C(CC(=C)Cc1c(C)c(C)c2c(c1C)CCC(C)(CCCC(C)CCCC(C)CCCC(C)C)C2)Cc1c(C)c(C)c2c(c1C)CCC(C)(CCCC(C)CCCC(C)CCCC(C)C)C2. The van der Waals surface area contributed by atoms with Gasteiger partial charge in [0.25, 0.3) is 0 Å². The van der Waals surface area contributed by atoms with Crippen molar-refractivity contribution in [2.75, 3.05) is 0 Å². The lowest BCUT2D eigenvalue weighted by Gasteiger charge is -2.38. The minimum Gasteiger partial charge on any atom is -0.0992 e.